The van der Waals surface area contributed by atoms with Gasteiger partial charge in [0.15, 0.2) is 0 Å². The van der Waals surface area contributed by atoms with Crippen molar-refractivity contribution in [2.75, 3.05) is 0 Å². The van der Waals surface area contributed by atoms with E-state index in [-0.39, 0.29) is 12.1 Å². The van der Waals surface area contributed by atoms with Crippen LogP contribution in [0.4, 0.5) is 0 Å². The van der Waals surface area contributed by atoms with Crippen LogP contribution in [0.2, 0.25) is 0 Å². The van der Waals surface area contributed by atoms with E-state index in [1.165, 1.54) is 186 Å². The third-order valence-electron chi connectivity index (χ3n) is 10.5. The molecule has 0 bridgehead atoms. The first-order chi connectivity index (χ1) is 24.6. The largest absolute Gasteiger partial charge is 0.481 e. The Labute approximate surface area is 313 Å². The van der Waals surface area contributed by atoms with Crippen molar-refractivity contribution >= 4 is 11.9 Å². The summed E-state index contributed by atoms with van der Waals surface area (Å²) in [5.74, 6) is -0.658. The molecule has 296 valence electrons. The molecule has 0 aliphatic heterocycles. The molecule has 50 heavy (non-hydrogen) atoms. The first kappa shape index (κ1) is 48.7. The van der Waals surface area contributed by atoms with E-state index in [1.54, 1.807) is 0 Å². The van der Waals surface area contributed by atoms with Gasteiger partial charge >= 0.3 is 11.9 Å². The standard InChI is InChI=1S/C46H88O4/c1-3-5-7-9-11-13-14-15-16-17-18-19-20-21-22-23-24-26-31-35-39-43-46(49)50-44(40-36-32-28-25-12-10-8-6-4-2)41-37-33-29-27-30-34-38-42-45(47)48/h15-16,44H,3-14,17-43H2,1-2H3,(H,47,48)/b16-15-. The number of allylic oxidation sites excluding steroid dienone is 2. The predicted octanol–water partition coefficient (Wildman–Crippen LogP) is 15.8. The summed E-state index contributed by atoms with van der Waals surface area (Å²) in [6.07, 6.45) is 52.5. The Morgan fingerprint density at radius 2 is 0.720 bits per heavy atom. The number of ether oxygens (including phenoxy) is 1. The number of esters is 1. The van der Waals surface area contributed by atoms with Crippen molar-refractivity contribution in [1.29, 1.82) is 0 Å². The van der Waals surface area contributed by atoms with Crippen molar-refractivity contribution < 1.29 is 19.4 Å². The number of aliphatic carboxylic acids is 1. The lowest BCUT2D eigenvalue weighted by Gasteiger charge is -2.18. The molecule has 0 aromatic carbocycles. The molecule has 0 amide bonds. The van der Waals surface area contributed by atoms with Crippen LogP contribution in [0, 0.1) is 0 Å². The molecule has 4 nitrogen and oxygen atoms in total. The summed E-state index contributed by atoms with van der Waals surface area (Å²) < 4.78 is 6.05. The number of hydrogen-bond donors (Lipinski definition) is 1. The van der Waals surface area contributed by atoms with Gasteiger partial charge in [0.2, 0.25) is 0 Å². The van der Waals surface area contributed by atoms with Crippen molar-refractivity contribution in [2.45, 2.75) is 270 Å². The molecule has 1 atom stereocenters. The second-order valence-corrected chi connectivity index (χ2v) is 15.6. The molecule has 0 fully saturated rings. The topological polar surface area (TPSA) is 63.6 Å². The van der Waals surface area contributed by atoms with E-state index in [2.05, 4.69) is 26.0 Å². The van der Waals surface area contributed by atoms with Crippen LogP contribution in [0.1, 0.15) is 264 Å². The summed E-state index contributed by atoms with van der Waals surface area (Å²) in [6, 6.07) is 0. The van der Waals surface area contributed by atoms with Crippen LogP contribution in [0.5, 0.6) is 0 Å². The Bertz CT molecular complexity index is 717. The smallest absolute Gasteiger partial charge is 0.306 e. The molecule has 0 spiro atoms. The Balaban J connectivity index is 3.88. The minimum Gasteiger partial charge on any atom is -0.481 e. The Hall–Kier alpha value is -1.32. The minimum atomic E-state index is -0.683. The van der Waals surface area contributed by atoms with Crippen molar-refractivity contribution in [3.05, 3.63) is 12.2 Å². The molecule has 0 heterocycles. The normalized spacial score (nSPS) is 12.2. The minimum absolute atomic E-state index is 0.0256. The molecular formula is C46H88O4. The lowest BCUT2D eigenvalue weighted by molar-refractivity contribution is -0.150. The fraction of sp³-hybridized carbons (Fsp3) is 0.913. The quantitative estimate of drug-likeness (QED) is 0.0390. The molecule has 1 N–H and O–H groups in total. The van der Waals surface area contributed by atoms with Crippen LogP contribution in [-0.2, 0) is 14.3 Å². The fourth-order valence-corrected chi connectivity index (χ4v) is 7.12. The summed E-state index contributed by atoms with van der Waals surface area (Å²) in [6.45, 7) is 4.56. The number of hydrogen-bond acceptors (Lipinski definition) is 3. The summed E-state index contributed by atoms with van der Waals surface area (Å²) in [4.78, 5) is 23.4. The maximum Gasteiger partial charge on any atom is 0.306 e. The lowest BCUT2D eigenvalue weighted by atomic mass is 10.0. The van der Waals surface area contributed by atoms with Gasteiger partial charge in [0, 0.05) is 12.8 Å². The van der Waals surface area contributed by atoms with Crippen molar-refractivity contribution in [3.8, 4) is 0 Å². The maximum atomic E-state index is 12.7. The molecule has 0 saturated carbocycles. The third kappa shape index (κ3) is 41.1. The van der Waals surface area contributed by atoms with Crippen LogP contribution in [-0.4, -0.2) is 23.1 Å². The van der Waals surface area contributed by atoms with Gasteiger partial charge in [-0.1, -0.05) is 199 Å². The van der Waals surface area contributed by atoms with Crippen LogP contribution in [0.15, 0.2) is 12.2 Å². The van der Waals surface area contributed by atoms with Gasteiger partial charge in [-0.15, -0.1) is 0 Å². The SMILES string of the molecule is CCCCCCCC/C=C\CCCCCCCCCCCCCC(=O)OC(CCCCCCCCCCC)CCCCCCCCCC(=O)O. The van der Waals surface area contributed by atoms with E-state index in [0.717, 1.165) is 51.4 Å². The molecule has 0 rings (SSSR count). The third-order valence-corrected chi connectivity index (χ3v) is 10.5. The van der Waals surface area contributed by atoms with E-state index in [1.807, 2.05) is 0 Å². The highest BCUT2D eigenvalue weighted by Gasteiger charge is 2.14. The molecule has 0 aliphatic carbocycles. The average molecular weight is 705 g/mol. The molecular weight excluding hydrogens is 617 g/mol. The second-order valence-electron chi connectivity index (χ2n) is 15.6. The Kier molecular flexibility index (Phi) is 41.0. The zero-order valence-corrected chi connectivity index (χ0v) is 34.0. The van der Waals surface area contributed by atoms with Gasteiger partial charge < -0.3 is 9.84 Å². The number of unbranched alkanes of at least 4 members (excludes halogenated alkanes) is 31. The average Bonchev–Trinajstić information content (AvgIpc) is 3.10. The molecule has 0 aliphatic rings. The zero-order chi connectivity index (χ0) is 36.4. The highest BCUT2D eigenvalue weighted by atomic mass is 16.5. The van der Waals surface area contributed by atoms with Gasteiger partial charge in [-0.25, -0.2) is 0 Å². The number of carbonyl (C=O) groups is 2. The van der Waals surface area contributed by atoms with Gasteiger partial charge in [-0.2, -0.15) is 0 Å². The number of carboxylic acid groups (broad SMARTS) is 1. The lowest BCUT2D eigenvalue weighted by Crippen LogP contribution is -2.18. The predicted molar refractivity (Wildman–Crippen MR) is 218 cm³/mol. The first-order valence-corrected chi connectivity index (χ1v) is 22.7. The van der Waals surface area contributed by atoms with Gasteiger partial charge in [-0.3, -0.25) is 9.59 Å². The molecule has 4 heteroatoms. The highest BCUT2D eigenvalue weighted by molar-refractivity contribution is 5.69. The van der Waals surface area contributed by atoms with Crippen LogP contribution < -0.4 is 0 Å². The molecule has 0 saturated heterocycles. The number of carbonyl (C=O) groups excluding carboxylic acids is 1. The number of carboxylic acids is 1. The van der Waals surface area contributed by atoms with E-state index < -0.39 is 5.97 Å². The fourth-order valence-electron chi connectivity index (χ4n) is 7.12. The summed E-state index contributed by atoms with van der Waals surface area (Å²) in [5, 5.41) is 8.78. The zero-order valence-electron chi connectivity index (χ0n) is 34.0. The number of rotatable bonds is 42. The molecule has 0 aromatic rings. The van der Waals surface area contributed by atoms with E-state index >= 15 is 0 Å². The van der Waals surface area contributed by atoms with Crippen molar-refractivity contribution in [1.82, 2.24) is 0 Å². The van der Waals surface area contributed by atoms with Crippen LogP contribution >= 0.6 is 0 Å². The van der Waals surface area contributed by atoms with Crippen LogP contribution in [0.25, 0.3) is 0 Å². The van der Waals surface area contributed by atoms with Gasteiger partial charge in [0.25, 0.3) is 0 Å². The van der Waals surface area contributed by atoms with E-state index in [9.17, 15) is 9.59 Å². The Morgan fingerprint density at radius 3 is 1.08 bits per heavy atom. The monoisotopic (exact) mass is 705 g/mol. The van der Waals surface area contributed by atoms with Crippen LogP contribution in [0.3, 0.4) is 0 Å². The maximum absolute atomic E-state index is 12.7. The van der Waals surface area contributed by atoms with E-state index in [4.69, 9.17) is 9.84 Å². The van der Waals surface area contributed by atoms with Gasteiger partial charge in [0.05, 0.1) is 0 Å². The molecule has 0 aromatic heterocycles. The van der Waals surface area contributed by atoms with Crippen molar-refractivity contribution in [3.63, 3.8) is 0 Å². The summed E-state index contributed by atoms with van der Waals surface area (Å²) >= 11 is 0. The Morgan fingerprint density at radius 1 is 0.420 bits per heavy atom. The summed E-state index contributed by atoms with van der Waals surface area (Å²) in [5.41, 5.74) is 0. The highest BCUT2D eigenvalue weighted by Crippen LogP contribution is 2.19. The van der Waals surface area contributed by atoms with Crippen molar-refractivity contribution in [2.24, 2.45) is 0 Å². The van der Waals surface area contributed by atoms with Gasteiger partial charge in [0.1, 0.15) is 6.10 Å². The second kappa shape index (κ2) is 42.1. The summed E-state index contributed by atoms with van der Waals surface area (Å²) in [7, 11) is 0. The molecule has 0 radical (unpaired) electrons. The van der Waals surface area contributed by atoms with E-state index in [0.29, 0.717) is 12.8 Å². The first-order valence-electron chi connectivity index (χ1n) is 22.7. The molecule has 1 unspecified atom stereocenters. The van der Waals surface area contributed by atoms with Gasteiger partial charge in [-0.05, 0) is 64.2 Å².